The first-order valence-corrected chi connectivity index (χ1v) is 10.6. The molecule has 1 fully saturated rings. The molecule has 2 aromatic rings. The summed E-state index contributed by atoms with van der Waals surface area (Å²) in [4.78, 5) is 48.6. The van der Waals surface area contributed by atoms with Crippen molar-refractivity contribution in [2.75, 3.05) is 6.54 Å². The molecule has 3 amide bonds. The minimum Gasteiger partial charge on any atom is -0.349 e. The average Bonchev–Trinajstić information content (AvgIpc) is 3.11. The van der Waals surface area contributed by atoms with Crippen LogP contribution in [0.5, 0.6) is 0 Å². The fraction of sp³-hybridized carbons (Fsp3) is 0.429. The van der Waals surface area contributed by atoms with Gasteiger partial charge in [0.05, 0.1) is 6.04 Å². The van der Waals surface area contributed by atoms with E-state index in [0.717, 1.165) is 15.6 Å². The topological polar surface area (TPSA) is 104 Å². The molecule has 7 nitrogen and oxygen atoms in total. The molecule has 3 N–H and O–H groups in total. The third kappa shape index (κ3) is 5.00. The second-order valence-electron chi connectivity index (χ2n) is 7.58. The normalized spacial score (nSPS) is 17.8. The Morgan fingerprint density at radius 1 is 1.24 bits per heavy atom. The molecule has 0 bridgehead atoms. The molecule has 2 heterocycles. The molecule has 0 saturated carbocycles. The number of carbonyl (C=O) groups excluding carboxylic acids is 4. The number of thiophene rings is 1. The summed E-state index contributed by atoms with van der Waals surface area (Å²) in [5.74, 6) is -2.17. The number of nitrogens with one attached hydrogen (secondary N) is 3. The van der Waals surface area contributed by atoms with Crippen molar-refractivity contribution in [1.29, 1.82) is 0 Å². The van der Waals surface area contributed by atoms with Gasteiger partial charge in [-0.15, -0.1) is 11.3 Å². The van der Waals surface area contributed by atoms with Gasteiger partial charge in [0.1, 0.15) is 0 Å². The molecular weight excluding hydrogens is 390 g/mol. The molecule has 1 aromatic heterocycles. The Morgan fingerprint density at radius 3 is 2.76 bits per heavy atom. The SMILES string of the molecule is CC(C)C(NC(=O)NCc1csc2ccccc12)C(=O)CC1CCNC(=O)C1=O. The number of ketones is 2. The fourth-order valence-electron chi connectivity index (χ4n) is 3.48. The van der Waals surface area contributed by atoms with Crippen molar-refractivity contribution in [2.45, 2.75) is 39.3 Å². The predicted octanol–water partition coefficient (Wildman–Crippen LogP) is 2.39. The lowest BCUT2D eigenvalue weighted by Crippen LogP contribution is -2.50. The van der Waals surface area contributed by atoms with Crippen LogP contribution in [0.25, 0.3) is 10.1 Å². The number of fused-ring (bicyclic) bond motifs is 1. The number of urea groups is 1. The van der Waals surface area contributed by atoms with E-state index in [2.05, 4.69) is 16.0 Å². The van der Waals surface area contributed by atoms with Crippen molar-refractivity contribution in [1.82, 2.24) is 16.0 Å². The number of carbonyl (C=O) groups is 4. The van der Waals surface area contributed by atoms with Crippen LogP contribution >= 0.6 is 11.3 Å². The number of hydrogen-bond acceptors (Lipinski definition) is 5. The van der Waals surface area contributed by atoms with Gasteiger partial charge in [-0.3, -0.25) is 14.4 Å². The van der Waals surface area contributed by atoms with Crippen LogP contribution in [-0.4, -0.2) is 36.1 Å². The zero-order valence-corrected chi connectivity index (χ0v) is 17.3. The van der Waals surface area contributed by atoms with Crippen LogP contribution in [0.4, 0.5) is 4.79 Å². The smallest absolute Gasteiger partial charge is 0.315 e. The molecule has 0 aliphatic carbocycles. The summed E-state index contributed by atoms with van der Waals surface area (Å²) in [6.45, 7) is 4.42. The van der Waals surface area contributed by atoms with Gasteiger partial charge in [-0.25, -0.2) is 4.79 Å². The second kappa shape index (κ2) is 9.17. The summed E-state index contributed by atoms with van der Waals surface area (Å²) in [6, 6.07) is 6.83. The summed E-state index contributed by atoms with van der Waals surface area (Å²) < 4.78 is 1.15. The van der Waals surface area contributed by atoms with Crippen LogP contribution in [-0.2, 0) is 20.9 Å². The lowest BCUT2D eigenvalue weighted by atomic mass is 9.87. The third-order valence-electron chi connectivity index (χ3n) is 5.12. The van der Waals surface area contributed by atoms with Gasteiger partial charge in [-0.05, 0) is 34.7 Å². The first-order chi connectivity index (χ1) is 13.9. The Labute approximate surface area is 173 Å². The first kappa shape index (κ1) is 21.0. The molecule has 8 heteroatoms. The molecule has 1 aliphatic rings. The zero-order chi connectivity index (χ0) is 21.0. The van der Waals surface area contributed by atoms with Crippen molar-refractivity contribution >= 4 is 44.9 Å². The highest BCUT2D eigenvalue weighted by molar-refractivity contribution is 7.17. The average molecular weight is 416 g/mol. The monoisotopic (exact) mass is 415 g/mol. The summed E-state index contributed by atoms with van der Waals surface area (Å²) in [5.41, 5.74) is 1.02. The van der Waals surface area contributed by atoms with Crippen molar-refractivity contribution in [3.63, 3.8) is 0 Å². The maximum absolute atomic E-state index is 12.7. The van der Waals surface area contributed by atoms with Crippen LogP contribution in [0.2, 0.25) is 0 Å². The molecule has 3 rings (SSSR count). The molecule has 2 atom stereocenters. The number of hydrogen-bond donors (Lipinski definition) is 3. The van der Waals surface area contributed by atoms with Crippen LogP contribution in [0, 0.1) is 11.8 Å². The highest BCUT2D eigenvalue weighted by Gasteiger charge is 2.34. The molecule has 1 aromatic carbocycles. The van der Waals surface area contributed by atoms with Gasteiger partial charge in [-0.1, -0.05) is 32.0 Å². The first-order valence-electron chi connectivity index (χ1n) is 9.71. The van der Waals surface area contributed by atoms with E-state index in [1.807, 2.05) is 43.5 Å². The summed E-state index contributed by atoms with van der Waals surface area (Å²) in [7, 11) is 0. The Balaban J connectivity index is 1.57. The van der Waals surface area contributed by atoms with Gasteiger partial charge in [0.2, 0.25) is 5.78 Å². The van der Waals surface area contributed by atoms with E-state index < -0.39 is 29.7 Å². The van der Waals surface area contributed by atoms with Crippen LogP contribution in [0.1, 0.15) is 32.3 Å². The van der Waals surface area contributed by atoms with E-state index in [4.69, 9.17) is 0 Å². The Kier molecular flexibility index (Phi) is 6.64. The van der Waals surface area contributed by atoms with Crippen molar-refractivity contribution < 1.29 is 19.2 Å². The molecule has 0 spiro atoms. The minimum atomic E-state index is -0.716. The van der Waals surface area contributed by atoms with Crippen LogP contribution < -0.4 is 16.0 Å². The largest absolute Gasteiger partial charge is 0.349 e. The van der Waals surface area contributed by atoms with Crippen LogP contribution in [0.3, 0.4) is 0 Å². The van der Waals surface area contributed by atoms with Gasteiger partial charge in [-0.2, -0.15) is 0 Å². The number of rotatable bonds is 7. The summed E-state index contributed by atoms with van der Waals surface area (Å²) in [5, 5.41) is 11.1. The van der Waals surface area contributed by atoms with Gasteiger partial charge in [0, 0.05) is 30.1 Å². The molecule has 1 saturated heterocycles. The van der Waals surface area contributed by atoms with E-state index in [-0.39, 0.29) is 18.1 Å². The summed E-state index contributed by atoms with van der Waals surface area (Å²) >= 11 is 1.62. The van der Waals surface area contributed by atoms with E-state index >= 15 is 0 Å². The Morgan fingerprint density at radius 2 is 2.00 bits per heavy atom. The molecule has 0 radical (unpaired) electrons. The highest BCUT2D eigenvalue weighted by atomic mass is 32.1. The van der Waals surface area contributed by atoms with Gasteiger partial charge in [0.15, 0.2) is 5.78 Å². The third-order valence-corrected chi connectivity index (χ3v) is 6.13. The predicted molar refractivity (Wildman–Crippen MR) is 112 cm³/mol. The van der Waals surface area contributed by atoms with E-state index in [1.54, 1.807) is 11.3 Å². The summed E-state index contributed by atoms with van der Waals surface area (Å²) in [6.07, 6.45) is 0.406. The van der Waals surface area contributed by atoms with E-state index in [9.17, 15) is 19.2 Å². The van der Waals surface area contributed by atoms with Gasteiger partial charge >= 0.3 is 6.03 Å². The maximum Gasteiger partial charge on any atom is 0.315 e. The second-order valence-corrected chi connectivity index (χ2v) is 8.49. The Bertz CT molecular complexity index is 937. The fourth-order valence-corrected chi connectivity index (χ4v) is 4.45. The number of piperidine rings is 1. The number of benzene rings is 1. The van der Waals surface area contributed by atoms with Crippen molar-refractivity contribution in [2.24, 2.45) is 11.8 Å². The number of Topliss-reactive ketones (excluding diaryl/α,β-unsaturated/α-hetero) is 2. The molecule has 1 aliphatic heterocycles. The lowest BCUT2D eigenvalue weighted by Gasteiger charge is -2.25. The Hall–Kier alpha value is -2.74. The van der Waals surface area contributed by atoms with E-state index in [1.165, 1.54) is 0 Å². The lowest BCUT2D eigenvalue weighted by molar-refractivity contribution is -0.143. The standard InChI is InChI=1S/C21H25N3O4S/c1-12(2)18(16(25)9-13-7-8-22-20(27)19(13)26)24-21(28)23-10-14-11-29-17-6-4-3-5-15(14)17/h3-6,11-13,18H,7-10H2,1-2H3,(H,22,27)(H2,23,24,28). The maximum atomic E-state index is 12.7. The van der Waals surface area contributed by atoms with Gasteiger partial charge in [0.25, 0.3) is 5.91 Å². The quantitative estimate of drug-likeness (QED) is 0.604. The number of amides is 3. The van der Waals surface area contributed by atoms with E-state index in [0.29, 0.717) is 19.5 Å². The molecule has 2 unspecified atom stereocenters. The zero-order valence-electron chi connectivity index (χ0n) is 16.5. The van der Waals surface area contributed by atoms with Crippen molar-refractivity contribution in [3.8, 4) is 0 Å². The van der Waals surface area contributed by atoms with Gasteiger partial charge < -0.3 is 16.0 Å². The molecular formula is C21H25N3O4S. The van der Waals surface area contributed by atoms with Crippen molar-refractivity contribution in [3.05, 3.63) is 35.2 Å². The minimum absolute atomic E-state index is 0.0372. The molecule has 154 valence electrons. The molecule has 29 heavy (non-hydrogen) atoms. The van der Waals surface area contributed by atoms with Crippen LogP contribution in [0.15, 0.2) is 29.6 Å². The highest BCUT2D eigenvalue weighted by Crippen LogP contribution is 2.25.